The van der Waals surface area contributed by atoms with Gasteiger partial charge in [-0.15, -0.1) is 0 Å². The van der Waals surface area contributed by atoms with Crippen LogP contribution in [0.5, 0.6) is 0 Å². The molecular formula is C17H23NO4. The van der Waals surface area contributed by atoms with E-state index in [2.05, 4.69) is 5.32 Å². The molecule has 0 aliphatic heterocycles. The van der Waals surface area contributed by atoms with E-state index < -0.39 is 17.7 Å². The van der Waals surface area contributed by atoms with Crippen LogP contribution in [-0.4, -0.2) is 29.3 Å². The minimum absolute atomic E-state index is 0.274. The van der Waals surface area contributed by atoms with Crippen molar-refractivity contribution in [1.82, 2.24) is 5.32 Å². The lowest BCUT2D eigenvalue weighted by Crippen LogP contribution is -2.32. The van der Waals surface area contributed by atoms with Crippen LogP contribution >= 0.6 is 0 Å². The second-order valence-corrected chi connectivity index (χ2v) is 5.96. The summed E-state index contributed by atoms with van der Waals surface area (Å²) in [5.41, 5.74) is 1.34. The van der Waals surface area contributed by atoms with Gasteiger partial charge in [-0.05, 0) is 51.3 Å². The van der Waals surface area contributed by atoms with Gasteiger partial charge in [0.1, 0.15) is 5.60 Å². The number of aryl methyl sites for hydroxylation is 1. The molecule has 5 nitrogen and oxygen atoms in total. The lowest BCUT2D eigenvalue weighted by molar-refractivity contribution is 0.0528. The molecule has 120 valence electrons. The van der Waals surface area contributed by atoms with Gasteiger partial charge in [-0.2, -0.15) is 0 Å². The zero-order valence-corrected chi connectivity index (χ0v) is 13.5. The van der Waals surface area contributed by atoms with Crippen molar-refractivity contribution >= 4 is 18.1 Å². The molecule has 1 amide bonds. The normalized spacial score (nSPS) is 11.5. The van der Waals surface area contributed by atoms with Gasteiger partial charge in [0.15, 0.2) is 0 Å². The Morgan fingerprint density at radius 1 is 1.32 bits per heavy atom. The molecule has 0 fully saturated rings. The van der Waals surface area contributed by atoms with Gasteiger partial charge >= 0.3 is 12.1 Å². The summed E-state index contributed by atoms with van der Waals surface area (Å²) in [4.78, 5) is 22.6. The molecule has 1 aromatic carbocycles. The number of carboxylic acids is 1. The molecule has 0 saturated heterocycles. The molecule has 0 radical (unpaired) electrons. The topological polar surface area (TPSA) is 75.6 Å². The Balaban J connectivity index is 2.54. The second-order valence-electron chi connectivity index (χ2n) is 5.96. The number of carboxylic acid groups (broad SMARTS) is 1. The number of hydrogen-bond donors (Lipinski definition) is 2. The number of benzene rings is 1. The van der Waals surface area contributed by atoms with E-state index in [0.29, 0.717) is 18.5 Å². The Morgan fingerprint density at radius 2 is 2.00 bits per heavy atom. The Kier molecular flexibility index (Phi) is 6.16. The predicted molar refractivity (Wildman–Crippen MR) is 86.0 cm³/mol. The van der Waals surface area contributed by atoms with Crippen molar-refractivity contribution in [3.63, 3.8) is 0 Å². The number of alkyl carbamates (subject to hydrolysis) is 1. The number of carbonyl (C=O) groups excluding carboxylic acids is 1. The highest BCUT2D eigenvalue weighted by Crippen LogP contribution is 2.16. The molecule has 0 spiro atoms. The number of hydrogen-bond acceptors (Lipinski definition) is 3. The van der Waals surface area contributed by atoms with E-state index >= 15 is 0 Å². The third-order valence-corrected chi connectivity index (χ3v) is 2.82. The fraction of sp³-hybridized carbons (Fsp3) is 0.412. The SMILES string of the molecule is Cc1cccc(C(=O)O)c1C=CCCNC(=O)OC(C)(C)C. The molecule has 2 N–H and O–H groups in total. The summed E-state index contributed by atoms with van der Waals surface area (Å²) in [5, 5.41) is 11.8. The van der Waals surface area contributed by atoms with Crippen molar-refractivity contribution < 1.29 is 19.4 Å². The molecule has 1 rings (SSSR count). The summed E-state index contributed by atoms with van der Waals surface area (Å²) in [6, 6.07) is 5.17. The van der Waals surface area contributed by atoms with Gasteiger partial charge in [0.2, 0.25) is 0 Å². The minimum Gasteiger partial charge on any atom is -0.478 e. The van der Waals surface area contributed by atoms with E-state index in [9.17, 15) is 9.59 Å². The Morgan fingerprint density at radius 3 is 2.59 bits per heavy atom. The Labute approximate surface area is 131 Å². The average Bonchev–Trinajstić information content (AvgIpc) is 2.37. The summed E-state index contributed by atoms with van der Waals surface area (Å²) < 4.78 is 5.12. The maximum Gasteiger partial charge on any atom is 0.407 e. The van der Waals surface area contributed by atoms with Crippen molar-refractivity contribution in [2.24, 2.45) is 0 Å². The first-order chi connectivity index (χ1) is 10.2. The van der Waals surface area contributed by atoms with Crippen LogP contribution < -0.4 is 5.32 Å². The minimum atomic E-state index is -0.949. The van der Waals surface area contributed by atoms with Crippen molar-refractivity contribution in [3.8, 4) is 0 Å². The number of aromatic carboxylic acids is 1. The van der Waals surface area contributed by atoms with Crippen molar-refractivity contribution in [2.75, 3.05) is 6.54 Å². The molecule has 22 heavy (non-hydrogen) atoms. The quantitative estimate of drug-likeness (QED) is 0.815. The largest absolute Gasteiger partial charge is 0.478 e. The molecule has 0 aromatic heterocycles. The van der Waals surface area contributed by atoms with E-state index in [1.165, 1.54) is 0 Å². The maximum atomic E-state index is 11.5. The summed E-state index contributed by atoms with van der Waals surface area (Å²) in [6.45, 7) is 7.71. The van der Waals surface area contributed by atoms with Crippen LogP contribution in [0.3, 0.4) is 0 Å². The molecule has 0 aliphatic rings. The second kappa shape index (κ2) is 7.64. The number of nitrogens with one attached hydrogen (secondary N) is 1. The fourth-order valence-corrected chi connectivity index (χ4v) is 1.86. The maximum absolute atomic E-state index is 11.5. The van der Waals surface area contributed by atoms with E-state index in [0.717, 1.165) is 5.56 Å². The summed E-state index contributed by atoms with van der Waals surface area (Å²) in [5.74, 6) is -0.949. The number of carbonyl (C=O) groups is 2. The Bertz CT molecular complexity index is 571. The summed E-state index contributed by atoms with van der Waals surface area (Å²) >= 11 is 0. The van der Waals surface area contributed by atoms with E-state index in [-0.39, 0.29) is 5.56 Å². The molecular weight excluding hydrogens is 282 g/mol. The van der Waals surface area contributed by atoms with E-state index in [4.69, 9.17) is 9.84 Å². The van der Waals surface area contributed by atoms with Crippen molar-refractivity contribution in [3.05, 3.63) is 41.0 Å². The van der Waals surface area contributed by atoms with Crippen LogP contribution in [0.25, 0.3) is 6.08 Å². The van der Waals surface area contributed by atoms with Crippen molar-refractivity contribution in [1.29, 1.82) is 0 Å². The highest BCUT2D eigenvalue weighted by Gasteiger charge is 2.15. The first kappa shape index (κ1) is 17.8. The molecule has 5 heteroatoms. The standard InChI is InChI=1S/C17H23NO4/c1-12-8-7-10-14(15(19)20)13(12)9-5-6-11-18-16(21)22-17(2,3)4/h5,7-10H,6,11H2,1-4H3,(H,18,21)(H,19,20). The fourth-order valence-electron chi connectivity index (χ4n) is 1.86. The van der Waals surface area contributed by atoms with Gasteiger partial charge < -0.3 is 15.2 Å². The molecule has 1 aromatic rings. The zero-order valence-electron chi connectivity index (χ0n) is 13.5. The highest BCUT2D eigenvalue weighted by atomic mass is 16.6. The predicted octanol–water partition coefficient (Wildman–Crippen LogP) is 3.62. The van der Waals surface area contributed by atoms with Gasteiger partial charge in [0.05, 0.1) is 5.56 Å². The highest BCUT2D eigenvalue weighted by molar-refractivity contribution is 5.92. The van der Waals surface area contributed by atoms with Gasteiger partial charge in [-0.3, -0.25) is 0 Å². The first-order valence-electron chi connectivity index (χ1n) is 7.17. The van der Waals surface area contributed by atoms with Crippen molar-refractivity contribution in [2.45, 2.75) is 39.7 Å². The molecule has 0 aliphatic carbocycles. The summed E-state index contributed by atoms with van der Waals surface area (Å²) in [6.07, 6.45) is 3.75. The molecule has 0 unspecified atom stereocenters. The smallest absolute Gasteiger partial charge is 0.407 e. The molecule has 0 bridgehead atoms. The number of amides is 1. The van der Waals surface area contributed by atoms with Crippen LogP contribution in [0.15, 0.2) is 24.3 Å². The van der Waals surface area contributed by atoms with Crippen LogP contribution in [-0.2, 0) is 4.74 Å². The lowest BCUT2D eigenvalue weighted by Gasteiger charge is -2.19. The number of rotatable bonds is 5. The van der Waals surface area contributed by atoms with Gasteiger partial charge in [0.25, 0.3) is 0 Å². The van der Waals surface area contributed by atoms with Crippen LogP contribution in [0.2, 0.25) is 0 Å². The third-order valence-electron chi connectivity index (χ3n) is 2.82. The lowest BCUT2D eigenvalue weighted by atomic mass is 10.0. The monoisotopic (exact) mass is 305 g/mol. The van der Waals surface area contributed by atoms with E-state index in [1.807, 2.05) is 19.1 Å². The average molecular weight is 305 g/mol. The Hall–Kier alpha value is -2.30. The zero-order chi connectivity index (χ0) is 16.8. The van der Waals surface area contributed by atoms with Crippen LogP contribution in [0.1, 0.15) is 48.7 Å². The number of ether oxygens (including phenoxy) is 1. The first-order valence-corrected chi connectivity index (χ1v) is 7.17. The van der Waals surface area contributed by atoms with Crippen LogP contribution in [0.4, 0.5) is 4.79 Å². The molecule has 0 atom stereocenters. The molecule has 0 heterocycles. The van der Waals surface area contributed by atoms with Gasteiger partial charge in [-0.1, -0.05) is 24.3 Å². The summed E-state index contributed by atoms with van der Waals surface area (Å²) in [7, 11) is 0. The van der Waals surface area contributed by atoms with Gasteiger partial charge in [0, 0.05) is 6.54 Å². The van der Waals surface area contributed by atoms with Gasteiger partial charge in [-0.25, -0.2) is 9.59 Å². The molecule has 0 saturated carbocycles. The third kappa shape index (κ3) is 5.99. The van der Waals surface area contributed by atoms with Crippen LogP contribution in [0, 0.1) is 6.92 Å². The van der Waals surface area contributed by atoms with E-state index in [1.54, 1.807) is 39.0 Å².